The maximum Gasteiger partial charge on any atom is 0.262 e. The lowest BCUT2D eigenvalue weighted by Gasteiger charge is -2.09. The minimum absolute atomic E-state index is 0.0855. The average molecular weight is 345 g/mol. The van der Waals surface area contributed by atoms with Crippen molar-refractivity contribution in [1.82, 2.24) is 0 Å². The molecule has 3 aromatic rings. The van der Waals surface area contributed by atoms with Crippen LogP contribution in [0.15, 0.2) is 78.9 Å². The molecule has 0 saturated heterocycles. The Balaban J connectivity index is 1.63. The van der Waals surface area contributed by atoms with E-state index in [0.717, 1.165) is 5.56 Å². The van der Waals surface area contributed by atoms with Crippen LogP contribution in [0.2, 0.25) is 0 Å². The third-order valence-corrected chi connectivity index (χ3v) is 3.80. The number of carbonyl (C=O) groups is 2. The first-order chi connectivity index (χ1) is 12.6. The highest BCUT2D eigenvalue weighted by molar-refractivity contribution is 6.09. The molecule has 0 radical (unpaired) electrons. The molecule has 0 bridgehead atoms. The molecular weight excluding hydrogens is 326 g/mol. The van der Waals surface area contributed by atoms with Crippen LogP contribution in [-0.4, -0.2) is 18.3 Å². The largest absolute Gasteiger partial charge is 0.484 e. The first-order valence-electron chi connectivity index (χ1n) is 8.31. The third-order valence-electron chi connectivity index (χ3n) is 3.80. The Morgan fingerprint density at radius 2 is 1.58 bits per heavy atom. The lowest BCUT2D eigenvalue weighted by molar-refractivity contribution is -0.118. The van der Waals surface area contributed by atoms with Gasteiger partial charge in [0.05, 0.1) is 0 Å². The first kappa shape index (κ1) is 17.4. The molecule has 0 atom stereocenters. The molecule has 1 N–H and O–H groups in total. The predicted octanol–water partition coefficient (Wildman–Crippen LogP) is 4.24. The van der Waals surface area contributed by atoms with Crippen LogP contribution in [0.1, 0.15) is 21.5 Å². The second-order valence-electron chi connectivity index (χ2n) is 5.93. The third kappa shape index (κ3) is 4.57. The van der Waals surface area contributed by atoms with Gasteiger partial charge >= 0.3 is 0 Å². The highest BCUT2D eigenvalue weighted by atomic mass is 16.5. The molecule has 0 fully saturated rings. The van der Waals surface area contributed by atoms with Gasteiger partial charge in [0, 0.05) is 16.8 Å². The summed E-state index contributed by atoms with van der Waals surface area (Å²) in [4.78, 5) is 24.6. The molecule has 1 amide bonds. The molecule has 0 aliphatic heterocycles. The van der Waals surface area contributed by atoms with E-state index in [1.807, 2.05) is 43.3 Å². The number of anilines is 1. The summed E-state index contributed by atoms with van der Waals surface area (Å²) in [5.41, 5.74) is 2.76. The van der Waals surface area contributed by atoms with Gasteiger partial charge in [-0.25, -0.2) is 0 Å². The smallest absolute Gasteiger partial charge is 0.262 e. The Kier molecular flexibility index (Phi) is 5.44. The van der Waals surface area contributed by atoms with Gasteiger partial charge in [-0.3, -0.25) is 9.59 Å². The maximum atomic E-state index is 12.5. The molecule has 4 nitrogen and oxygen atoms in total. The van der Waals surface area contributed by atoms with Crippen LogP contribution in [0, 0.1) is 6.92 Å². The Bertz CT molecular complexity index is 919. The van der Waals surface area contributed by atoms with E-state index in [-0.39, 0.29) is 18.3 Å². The van der Waals surface area contributed by atoms with E-state index < -0.39 is 0 Å². The molecular formula is C22H19NO3. The van der Waals surface area contributed by atoms with Crippen LogP contribution in [0.4, 0.5) is 5.69 Å². The van der Waals surface area contributed by atoms with E-state index >= 15 is 0 Å². The quantitative estimate of drug-likeness (QED) is 0.680. The Labute approximate surface area is 152 Å². The number of ketones is 1. The zero-order valence-electron chi connectivity index (χ0n) is 14.4. The minimum atomic E-state index is -0.282. The van der Waals surface area contributed by atoms with Crippen molar-refractivity contribution in [3.8, 4) is 5.75 Å². The van der Waals surface area contributed by atoms with Gasteiger partial charge < -0.3 is 10.1 Å². The van der Waals surface area contributed by atoms with Gasteiger partial charge in [-0.15, -0.1) is 0 Å². The number of amides is 1. The van der Waals surface area contributed by atoms with Crippen molar-refractivity contribution in [2.24, 2.45) is 0 Å². The van der Waals surface area contributed by atoms with E-state index in [2.05, 4.69) is 5.32 Å². The molecule has 0 aliphatic carbocycles. The van der Waals surface area contributed by atoms with E-state index in [9.17, 15) is 9.59 Å². The van der Waals surface area contributed by atoms with Gasteiger partial charge in [0.25, 0.3) is 5.91 Å². The monoisotopic (exact) mass is 345 g/mol. The molecule has 0 unspecified atom stereocenters. The van der Waals surface area contributed by atoms with Crippen LogP contribution in [0.3, 0.4) is 0 Å². The lowest BCUT2D eigenvalue weighted by atomic mass is 10.0. The first-order valence-corrected chi connectivity index (χ1v) is 8.31. The normalized spacial score (nSPS) is 10.2. The second kappa shape index (κ2) is 8.12. The summed E-state index contributed by atoms with van der Waals surface area (Å²) in [5, 5.41) is 2.76. The van der Waals surface area contributed by atoms with Crippen LogP contribution in [-0.2, 0) is 4.79 Å². The average Bonchev–Trinajstić information content (AvgIpc) is 2.67. The van der Waals surface area contributed by atoms with E-state index in [1.165, 1.54) is 0 Å². The molecule has 0 aliphatic rings. The van der Waals surface area contributed by atoms with E-state index in [1.54, 1.807) is 42.5 Å². The number of aryl methyl sites for hydroxylation is 1. The molecule has 0 heterocycles. The summed E-state index contributed by atoms with van der Waals surface area (Å²) in [7, 11) is 0. The number of rotatable bonds is 6. The van der Waals surface area contributed by atoms with Crippen molar-refractivity contribution < 1.29 is 14.3 Å². The number of nitrogens with one attached hydrogen (secondary N) is 1. The fourth-order valence-electron chi connectivity index (χ4n) is 2.55. The van der Waals surface area contributed by atoms with Crippen molar-refractivity contribution in [3.05, 3.63) is 95.6 Å². The van der Waals surface area contributed by atoms with Gasteiger partial charge in [0.1, 0.15) is 5.75 Å². The lowest BCUT2D eigenvalue weighted by Crippen LogP contribution is -2.20. The summed E-state index contributed by atoms with van der Waals surface area (Å²) >= 11 is 0. The molecule has 26 heavy (non-hydrogen) atoms. The number of hydrogen-bond donors (Lipinski definition) is 1. The molecule has 0 saturated carbocycles. The zero-order chi connectivity index (χ0) is 18.4. The van der Waals surface area contributed by atoms with Crippen molar-refractivity contribution in [2.45, 2.75) is 6.92 Å². The second-order valence-corrected chi connectivity index (χ2v) is 5.93. The van der Waals surface area contributed by atoms with Gasteiger partial charge in [0.2, 0.25) is 0 Å². The summed E-state index contributed by atoms with van der Waals surface area (Å²) in [6.45, 7) is 1.86. The summed E-state index contributed by atoms with van der Waals surface area (Å²) in [6.07, 6.45) is 0. The fourth-order valence-corrected chi connectivity index (χ4v) is 2.55. The fraction of sp³-hybridized carbons (Fsp3) is 0.0909. The van der Waals surface area contributed by atoms with Gasteiger partial charge in [-0.1, -0.05) is 54.6 Å². The van der Waals surface area contributed by atoms with Crippen LogP contribution in [0.25, 0.3) is 0 Å². The predicted molar refractivity (Wildman–Crippen MR) is 102 cm³/mol. The topological polar surface area (TPSA) is 55.4 Å². The SMILES string of the molecule is Cc1cccc(OCC(=O)Nc2cccc(C(=O)c3ccccc3)c2)c1. The number of ether oxygens (including phenoxy) is 1. The van der Waals surface area contributed by atoms with Crippen molar-refractivity contribution >= 4 is 17.4 Å². The van der Waals surface area contributed by atoms with Gasteiger partial charge in [-0.05, 0) is 36.8 Å². The molecule has 0 spiro atoms. The van der Waals surface area contributed by atoms with Crippen LogP contribution < -0.4 is 10.1 Å². The molecule has 0 aromatic heterocycles. The molecule has 4 heteroatoms. The van der Waals surface area contributed by atoms with Crippen molar-refractivity contribution in [2.75, 3.05) is 11.9 Å². The molecule has 3 rings (SSSR count). The van der Waals surface area contributed by atoms with Crippen LogP contribution >= 0.6 is 0 Å². The molecule has 130 valence electrons. The summed E-state index contributed by atoms with van der Waals surface area (Å²) in [5.74, 6) is 0.279. The van der Waals surface area contributed by atoms with Crippen LogP contribution in [0.5, 0.6) is 5.75 Å². The Morgan fingerprint density at radius 3 is 2.35 bits per heavy atom. The highest BCUT2D eigenvalue weighted by Crippen LogP contribution is 2.16. The standard InChI is InChI=1S/C22H19NO3/c1-16-7-5-12-20(13-16)26-15-21(24)23-19-11-6-10-18(14-19)22(25)17-8-3-2-4-9-17/h2-14H,15H2,1H3,(H,23,24). The highest BCUT2D eigenvalue weighted by Gasteiger charge is 2.10. The Morgan fingerprint density at radius 1 is 0.846 bits per heavy atom. The van der Waals surface area contributed by atoms with Gasteiger partial charge in [-0.2, -0.15) is 0 Å². The van der Waals surface area contributed by atoms with E-state index in [4.69, 9.17) is 4.74 Å². The van der Waals surface area contributed by atoms with E-state index in [0.29, 0.717) is 22.6 Å². The number of hydrogen-bond acceptors (Lipinski definition) is 3. The number of carbonyl (C=O) groups excluding carboxylic acids is 2. The number of benzene rings is 3. The molecule has 3 aromatic carbocycles. The minimum Gasteiger partial charge on any atom is -0.484 e. The summed E-state index contributed by atoms with van der Waals surface area (Å²) in [6, 6.07) is 23.4. The van der Waals surface area contributed by atoms with Crippen molar-refractivity contribution in [1.29, 1.82) is 0 Å². The van der Waals surface area contributed by atoms with Gasteiger partial charge in [0.15, 0.2) is 12.4 Å². The zero-order valence-corrected chi connectivity index (χ0v) is 14.4. The summed E-state index contributed by atoms with van der Waals surface area (Å²) < 4.78 is 5.49. The van der Waals surface area contributed by atoms with Crippen molar-refractivity contribution in [3.63, 3.8) is 0 Å². The Hall–Kier alpha value is -3.40. The maximum absolute atomic E-state index is 12.5.